The van der Waals surface area contributed by atoms with Crippen LogP contribution in [0, 0.1) is 5.41 Å². The van der Waals surface area contributed by atoms with E-state index in [1.54, 1.807) is 0 Å². The summed E-state index contributed by atoms with van der Waals surface area (Å²) in [6.07, 6.45) is 12.0. The number of hydrogen-bond acceptors (Lipinski definition) is 2. The molecule has 0 bridgehead atoms. The van der Waals surface area contributed by atoms with Gasteiger partial charge in [0, 0.05) is 0 Å². The molecule has 0 spiro atoms. The van der Waals surface area contributed by atoms with E-state index < -0.39 is 0 Å². The Kier molecular flexibility index (Phi) is 7.94. The predicted molar refractivity (Wildman–Crippen MR) is 97.0 cm³/mol. The second-order valence-corrected chi connectivity index (χ2v) is 7.04. The van der Waals surface area contributed by atoms with Crippen molar-refractivity contribution in [1.82, 2.24) is 0 Å². The number of hydrogen-bond donors (Lipinski definition) is 0. The largest absolute Gasteiger partial charge is 0.490 e. The minimum absolute atomic E-state index is 0.234. The topological polar surface area (TPSA) is 18.5 Å². The zero-order valence-electron chi connectivity index (χ0n) is 15.1. The Hall–Kier alpha value is -1.02. The van der Waals surface area contributed by atoms with Crippen LogP contribution in [0.25, 0.3) is 0 Å². The van der Waals surface area contributed by atoms with Crippen molar-refractivity contribution in [2.24, 2.45) is 5.41 Å². The molecule has 130 valence electrons. The molecule has 0 saturated carbocycles. The molecule has 1 atom stereocenters. The van der Waals surface area contributed by atoms with Crippen molar-refractivity contribution >= 4 is 0 Å². The lowest BCUT2D eigenvalue weighted by atomic mass is 9.75. The van der Waals surface area contributed by atoms with Crippen LogP contribution in [0.15, 0.2) is 30.3 Å². The molecule has 1 aromatic rings. The SMILES string of the molecule is CCCCCCCCCC(Oc1ccccc1)C1(CC)COC1. The monoisotopic (exact) mass is 318 g/mol. The maximum Gasteiger partial charge on any atom is 0.119 e. The Morgan fingerprint density at radius 2 is 1.61 bits per heavy atom. The van der Waals surface area contributed by atoms with E-state index in [4.69, 9.17) is 9.47 Å². The van der Waals surface area contributed by atoms with Gasteiger partial charge in [-0.1, -0.05) is 70.6 Å². The summed E-state index contributed by atoms with van der Waals surface area (Å²) in [6, 6.07) is 10.3. The van der Waals surface area contributed by atoms with Gasteiger partial charge in [0.05, 0.1) is 18.6 Å². The summed E-state index contributed by atoms with van der Waals surface area (Å²) in [5, 5.41) is 0. The van der Waals surface area contributed by atoms with E-state index >= 15 is 0 Å². The van der Waals surface area contributed by atoms with Gasteiger partial charge in [-0.25, -0.2) is 0 Å². The smallest absolute Gasteiger partial charge is 0.119 e. The van der Waals surface area contributed by atoms with Gasteiger partial charge in [-0.05, 0) is 31.4 Å². The van der Waals surface area contributed by atoms with E-state index in [9.17, 15) is 0 Å². The van der Waals surface area contributed by atoms with Crippen molar-refractivity contribution in [3.05, 3.63) is 30.3 Å². The molecule has 0 N–H and O–H groups in total. The molecule has 1 fully saturated rings. The standard InChI is InChI=1S/C21H34O2/c1-3-5-6-7-8-9-13-16-20(21(4-2)17-22-18-21)23-19-14-11-10-12-15-19/h10-12,14-15,20H,3-9,13,16-18H2,1-2H3. The van der Waals surface area contributed by atoms with Gasteiger partial charge in [-0.2, -0.15) is 0 Å². The fourth-order valence-electron chi connectivity index (χ4n) is 3.42. The summed E-state index contributed by atoms with van der Waals surface area (Å²) >= 11 is 0. The van der Waals surface area contributed by atoms with Gasteiger partial charge < -0.3 is 9.47 Å². The molecule has 2 heteroatoms. The summed E-state index contributed by atoms with van der Waals surface area (Å²) in [5.41, 5.74) is 0.234. The number of para-hydroxylation sites is 1. The fourth-order valence-corrected chi connectivity index (χ4v) is 3.42. The number of rotatable bonds is 12. The van der Waals surface area contributed by atoms with Crippen LogP contribution in [0.4, 0.5) is 0 Å². The first-order chi connectivity index (χ1) is 11.3. The maximum atomic E-state index is 6.38. The molecule has 1 aliphatic rings. The van der Waals surface area contributed by atoms with Gasteiger partial charge in [0.25, 0.3) is 0 Å². The van der Waals surface area contributed by atoms with Crippen LogP contribution >= 0.6 is 0 Å². The quantitative estimate of drug-likeness (QED) is 0.440. The van der Waals surface area contributed by atoms with E-state index in [2.05, 4.69) is 38.1 Å². The van der Waals surface area contributed by atoms with Crippen LogP contribution < -0.4 is 4.74 Å². The van der Waals surface area contributed by atoms with E-state index in [-0.39, 0.29) is 5.41 Å². The molecule has 0 radical (unpaired) electrons. The molecule has 2 nitrogen and oxygen atoms in total. The Labute approximate surface area is 142 Å². The highest BCUT2D eigenvalue weighted by molar-refractivity contribution is 5.21. The van der Waals surface area contributed by atoms with Gasteiger partial charge in [-0.15, -0.1) is 0 Å². The lowest BCUT2D eigenvalue weighted by Crippen LogP contribution is -2.53. The number of unbranched alkanes of at least 4 members (excludes halogenated alkanes) is 6. The van der Waals surface area contributed by atoms with Gasteiger partial charge >= 0.3 is 0 Å². The molecule has 1 aromatic carbocycles. The molecule has 1 unspecified atom stereocenters. The molecule has 1 heterocycles. The van der Waals surface area contributed by atoms with Crippen LogP contribution in [0.3, 0.4) is 0 Å². The zero-order valence-corrected chi connectivity index (χ0v) is 15.1. The van der Waals surface area contributed by atoms with Crippen LogP contribution in [0.2, 0.25) is 0 Å². The Balaban J connectivity index is 1.80. The van der Waals surface area contributed by atoms with Gasteiger partial charge in [0.1, 0.15) is 11.9 Å². The Bertz CT molecular complexity index is 406. The van der Waals surface area contributed by atoms with Gasteiger partial charge in [0.15, 0.2) is 0 Å². The van der Waals surface area contributed by atoms with Crippen molar-refractivity contribution in [1.29, 1.82) is 0 Å². The van der Waals surface area contributed by atoms with Crippen LogP contribution in [0.1, 0.15) is 71.6 Å². The number of ether oxygens (including phenoxy) is 2. The third-order valence-electron chi connectivity index (χ3n) is 5.26. The minimum atomic E-state index is 0.234. The molecular formula is C21H34O2. The van der Waals surface area contributed by atoms with Gasteiger partial charge in [0.2, 0.25) is 0 Å². The second kappa shape index (κ2) is 9.97. The maximum absolute atomic E-state index is 6.38. The Morgan fingerprint density at radius 1 is 0.957 bits per heavy atom. The van der Waals surface area contributed by atoms with Crippen LogP contribution in [0.5, 0.6) is 5.75 Å². The highest BCUT2D eigenvalue weighted by atomic mass is 16.5. The molecule has 0 aliphatic carbocycles. The summed E-state index contributed by atoms with van der Waals surface area (Å²) in [5.74, 6) is 1.00. The molecule has 1 saturated heterocycles. The first-order valence-electron chi connectivity index (χ1n) is 9.60. The minimum Gasteiger partial charge on any atom is -0.490 e. The van der Waals surface area contributed by atoms with Crippen molar-refractivity contribution in [2.75, 3.05) is 13.2 Å². The highest BCUT2D eigenvalue weighted by Gasteiger charge is 2.45. The van der Waals surface area contributed by atoms with Crippen LogP contribution in [-0.2, 0) is 4.74 Å². The average Bonchev–Trinajstić information content (AvgIpc) is 2.54. The third-order valence-corrected chi connectivity index (χ3v) is 5.26. The zero-order chi connectivity index (χ0) is 16.4. The van der Waals surface area contributed by atoms with E-state index in [1.807, 2.05) is 6.07 Å². The Morgan fingerprint density at radius 3 is 2.17 bits per heavy atom. The summed E-state index contributed by atoms with van der Waals surface area (Å²) in [7, 11) is 0. The molecule has 23 heavy (non-hydrogen) atoms. The molecular weight excluding hydrogens is 284 g/mol. The molecule has 1 aliphatic heterocycles. The lowest BCUT2D eigenvalue weighted by molar-refractivity contribution is -0.167. The first-order valence-corrected chi connectivity index (χ1v) is 9.60. The van der Waals surface area contributed by atoms with Gasteiger partial charge in [-0.3, -0.25) is 0 Å². The summed E-state index contributed by atoms with van der Waals surface area (Å²) < 4.78 is 11.9. The summed E-state index contributed by atoms with van der Waals surface area (Å²) in [6.45, 7) is 6.26. The average molecular weight is 319 g/mol. The van der Waals surface area contributed by atoms with Crippen molar-refractivity contribution < 1.29 is 9.47 Å². The van der Waals surface area contributed by atoms with Crippen molar-refractivity contribution in [3.63, 3.8) is 0 Å². The first kappa shape index (κ1) is 18.3. The highest BCUT2D eigenvalue weighted by Crippen LogP contribution is 2.39. The summed E-state index contributed by atoms with van der Waals surface area (Å²) in [4.78, 5) is 0. The molecule has 0 amide bonds. The second-order valence-electron chi connectivity index (χ2n) is 7.04. The van der Waals surface area contributed by atoms with Crippen molar-refractivity contribution in [3.8, 4) is 5.75 Å². The van der Waals surface area contributed by atoms with E-state index in [0.29, 0.717) is 6.10 Å². The van der Waals surface area contributed by atoms with E-state index in [0.717, 1.165) is 31.8 Å². The van der Waals surface area contributed by atoms with E-state index in [1.165, 1.54) is 44.9 Å². The fraction of sp³-hybridized carbons (Fsp3) is 0.714. The third kappa shape index (κ3) is 5.53. The molecule has 0 aromatic heterocycles. The molecule has 2 rings (SSSR count). The lowest BCUT2D eigenvalue weighted by Gasteiger charge is -2.46. The van der Waals surface area contributed by atoms with Crippen molar-refractivity contribution in [2.45, 2.75) is 77.7 Å². The number of benzene rings is 1. The normalized spacial score (nSPS) is 17.5. The predicted octanol–water partition coefficient (Wildman–Crippen LogP) is 6.00. The van der Waals surface area contributed by atoms with Crippen LogP contribution in [-0.4, -0.2) is 19.3 Å².